The smallest absolute Gasteiger partial charge is 0.323 e. The number of hydrogen-bond acceptors (Lipinski definition) is 5. The second-order valence-corrected chi connectivity index (χ2v) is 8.64. The molecule has 0 spiro atoms. The minimum absolute atomic E-state index is 0.276. The summed E-state index contributed by atoms with van der Waals surface area (Å²) in [4.78, 5) is 4.65. The van der Waals surface area contributed by atoms with Gasteiger partial charge in [-0.05, 0) is 36.6 Å². The number of alkyl halides is 3. The largest absolute Gasteiger partial charge is 0.461 e. The topological polar surface area (TPSA) is 42.7 Å². The molecule has 0 unspecified atom stereocenters. The summed E-state index contributed by atoms with van der Waals surface area (Å²) >= 11 is 7.43. The van der Waals surface area contributed by atoms with Crippen molar-refractivity contribution in [1.82, 2.24) is 14.8 Å². The second-order valence-electron chi connectivity index (χ2n) is 6.50. The average molecular weight is 447 g/mol. The Morgan fingerprint density at radius 3 is 2.75 bits per heavy atom. The first-order valence-corrected chi connectivity index (χ1v) is 10.6. The van der Waals surface area contributed by atoms with Gasteiger partial charge in [0.25, 0.3) is 0 Å². The van der Waals surface area contributed by atoms with Crippen LogP contribution in [0.3, 0.4) is 0 Å². The number of aromatic nitrogens is 3. The van der Waals surface area contributed by atoms with Crippen molar-refractivity contribution < 1.29 is 13.2 Å². The summed E-state index contributed by atoms with van der Waals surface area (Å²) in [5, 5.41) is 7.41. The molecule has 0 amide bonds. The van der Waals surface area contributed by atoms with Crippen LogP contribution in [0.4, 0.5) is 18.9 Å². The second kappa shape index (κ2) is 8.75. The van der Waals surface area contributed by atoms with Crippen LogP contribution in [0, 0.1) is 5.92 Å². The monoisotopic (exact) mass is 446 g/mol. The molecule has 0 aliphatic rings. The third-order valence-electron chi connectivity index (χ3n) is 3.89. The Morgan fingerprint density at radius 1 is 1.29 bits per heavy atom. The zero-order chi connectivity index (χ0) is 20.3. The quantitative estimate of drug-likeness (QED) is 0.398. The fraction of sp³-hybridized carbons (Fsp3) is 0.333. The molecule has 150 valence electrons. The van der Waals surface area contributed by atoms with E-state index in [0.717, 1.165) is 23.7 Å². The summed E-state index contributed by atoms with van der Waals surface area (Å²) in [6.45, 7) is 5.14. The minimum Gasteiger partial charge on any atom is -0.323 e. The first-order chi connectivity index (χ1) is 13.2. The van der Waals surface area contributed by atoms with E-state index >= 15 is 0 Å². The first kappa shape index (κ1) is 21.0. The Bertz CT molecular complexity index is 937. The number of anilines is 1. The van der Waals surface area contributed by atoms with Crippen LogP contribution in [-0.2, 0) is 6.54 Å². The molecular formula is C18H18ClF3N4S2. The highest BCUT2D eigenvalue weighted by molar-refractivity contribution is 8.01. The van der Waals surface area contributed by atoms with E-state index in [-0.39, 0.29) is 17.6 Å². The fourth-order valence-electron chi connectivity index (χ4n) is 2.49. The predicted octanol–water partition coefficient (Wildman–Crippen LogP) is 6.95. The van der Waals surface area contributed by atoms with E-state index < -0.39 is 5.51 Å². The van der Waals surface area contributed by atoms with Crippen molar-refractivity contribution in [3.8, 4) is 22.0 Å². The Labute approximate surface area is 174 Å². The lowest BCUT2D eigenvalue weighted by molar-refractivity contribution is -0.0323. The van der Waals surface area contributed by atoms with E-state index in [1.165, 1.54) is 17.4 Å². The molecule has 0 aliphatic heterocycles. The average Bonchev–Trinajstić information content (AvgIpc) is 3.26. The van der Waals surface area contributed by atoms with Gasteiger partial charge in [-0.15, -0.1) is 11.3 Å². The summed E-state index contributed by atoms with van der Waals surface area (Å²) in [7, 11) is 0. The summed E-state index contributed by atoms with van der Waals surface area (Å²) in [5.41, 5.74) is -1.81. The molecule has 3 aromatic rings. The summed E-state index contributed by atoms with van der Waals surface area (Å²) in [6.07, 6.45) is 2.77. The zero-order valence-corrected chi connectivity index (χ0v) is 17.5. The van der Waals surface area contributed by atoms with E-state index in [9.17, 15) is 13.2 Å². The van der Waals surface area contributed by atoms with Crippen molar-refractivity contribution in [3.05, 3.63) is 40.9 Å². The number of aryl methyl sites for hydroxylation is 1. The van der Waals surface area contributed by atoms with Crippen molar-refractivity contribution in [3.63, 3.8) is 0 Å². The molecule has 0 aliphatic carbocycles. The number of nitrogens with zero attached hydrogens (tertiary/aromatic N) is 3. The van der Waals surface area contributed by atoms with Gasteiger partial charge in [-0.1, -0.05) is 25.4 Å². The Kier molecular flexibility index (Phi) is 6.57. The van der Waals surface area contributed by atoms with Crippen molar-refractivity contribution in [1.29, 1.82) is 0 Å². The van der Waals surface area contributed by atoms with Crippen LogP contribution in [0.2, 0.25) is 5.02 Å². The van der Waals surface area contributed by atoms with Crippen molar-refractivity contribution in [2.45, 2.75) is 32.3 Å². The van der Waals surface area contributed by atoms with Crippen LogP contribution >= 0.6 is 34.9 Å². The van der Waals surface area contributed by atoms with Crippen molar-refractivity contribution in [2.24, 2.45) is 5.92 Å². The molecule has 1 N–H and O–H groups in total. The van der Waals surface area contributed by atoms with E-state index in [4.69, 9.17) is 11.6 Å². The standard InChI is InChI=1S/C18H18ClF3N4S2/c1-11(2)6-8-26-16(5-7-23-26)17-24-15(10-27-17)13-4-3-12(9-14(13)19)25-28-18(20,21)22/h3-5,7,9-11,25H,6,8H2,1-2H3. The third-order valence-corrected chi connectivity index (χ3v) is 5.63. The molecule has 0 bridgehead atoms. The van der Waals surface area contributed by atoms with Crippen LogP contribution in [0.15, 0.2) is 35.8 Å². The Morgan fingerprint density at radius 2 is 2.07 bits per heavy atom. The van der Waals surface area contributed by atoms with E-state index in [1.54, 1.807) is 18.3 Å². The van der Waals surface area contributed by atoms with Gasteiger partial charge in [-0.3, -0.25) is 4.68 Å². The van der Waals surface area contributed by atoms with Gasteiger partial charge in [0.15, 0.2) is 0 Å². The maximum absolute atomic E-state index is 12.3. The van der Waals surface area contributed by atoms with Gasteiger partial charge in [0.1, 0.15) is 5.01 Å². The van der Waals surface area contributed by atoms with Gasteiger partial charge in [0.05, 0.1) is 28.4 Å². The molecule has 0 radical (unpaired) electrons. The van der Waals surface area contributed by atoms with Crippen LogP contribution in [0.5, 0.6) is 0 Å². The molecule has 3 rings (SSSR count). The molecule has 4 nitrogen and oxygen atoms in total. The lowest BCUT2D eigenvalue weighted by atomic mass is 10.1. The molecular weight excluding hydrogens is 429 g/mol. The Balaban J connectivity index is 1.78. The normalized spacial score (nSPS) is 12.0. The summed E-state index contributed by atoms with van der Waals surface area (Å²) in [6, 6.07) is 6.59. The van der Waals surface area contributed by atoms with E-state index in [1.807, 2.05) is 16.1 Å². The maximum atomic E-state index is 12.3. The predicted molar refractivity (Wildman–Crippen MR) is 111 cm³/mol. The third kappa shape index (κ3) is 5.42. The molecule has 0 saturated carbocycles. The first-order valence-electron chi connectivity index (χ1n) is 8.51. The molecule has 10 heteroatoms. The number of thiazole rings is 1. The highest BCUT2D eigenvalue weighted by Crippen LogP contribution is 2.36. The lowest BCUT2D eigenvalue weighted by Crippen LogP contribution is -2.04. The lowest BCUT2D eigenvalue weighted by Gasteiger charge is -2.09. The molecule has 28 heavy (non-hydrogen) atoms. The van der Waals surface area contributed by atoms with E-state index in [2.05, 4.69) is 28.7 Å². The van der Waals surface area contributed by atoms with Crippen LogP contribution < -0.4 is 4.72 Å². The zero-order valence-electron chi connectivity index (χ0n) is 15.1. The van der Waals surface area contributed by atoms with Crippen LogP contribution in [0.25, 0.3) is 22.0 Å². The van der Waals surface area contributed by atoms with Gasteiger partial charge in [0.2, 0.25) is 0 Å². The van der Waals surface area contributed by atoms with Gasteiger partial charge in [-0.2, -0.15) is 18.3 Å². The van der Waals surface area contributed by atoms with Crippen LogP contribution in [0.1, 0.15) is 20.3 Å². The minimum atomic E-state index is -4.37. The molecule has 0 saturated heterocycles. The van der Waals surface area contributed by atoms with Gasteiger partial charge in [-0.25, -0.2) is 4.98 Å². The summed E-state index contributed by atoms with van der Waals surface area (Å²) < 4.78 is 41.1. The molecule has 1 aromatic carbocycles. The molecule has 0 fully saturated rings. The van der Waals surface area contributed by atoms with Crippen molar-refractivity contribution in [2.75, 3.05) is 4.72 Å². The SMILES string of the molecule is CC(C)CCn1nccc1-c1nc(-c2ccc(NSC(F)(F)F)cc2Cl)cs1. The summed E-state index contributed by atoms with van der Waals surface area (Å²) in [5.74, 6) is 0.574. The van der Waals surface area contributed by atoms with Crippen molar-refractivity contribution >= 4 is 40.6 Å². The van der Waals surface area contributed by atoms with Gasteiger partial charge in [0, 0.05) is 29.4 Å². The van der Waals surface area contributed by atoms with Crippen LogP contribution in [-0.4, -0.2) is 20.3 Å². The fourth-order valence-corrected chi connectivity index (χ4v) is 3.98. The number of halogens is 4. The molecule has 2 aromatic heterocycles. The van der Waals surface area contributed by atoms with Gasteiger partial charge < -0.3 is 4.72 Å². The molecule has 0 atom stereocenters. The number of rotatable bonds is 7. The van der Waals surface area contributed by atoms with Gasteiger partial charge >= 0.3 is 5.51 Å². The maximum Gasteiger partial charge on any atom is 0.461 e. The number of benzene rings is 1. The number of hydrogen-bond donors (Lipinski definition) is 1. The number of nitrogens with one attached hydrogen (secondary N) is 1. The highest BCUT2D eigenvalue weighted by Gasteiger charge is 2.29. The molecule has 2 heterocycles. The highest BCUT2D eigenvalue weighted by atomic mass is 35.5. The van der Waals surface area contributed by atoms with E-state index in [0.29, 0.717) is 22.2 Å². The Hall–Kier alpha value is -1.71.